The van der Waals surface area contributed by atoms with Crippen molar-refractivity contribution < 1.29 is 9.18 Å². The van der Waals surface area contributed by atoms with Gasteiger partial charge in [-0.15, -0.1) is 0 Å². The average molecular weight is 391 g/mol. The summed E-state index contributed by atoms with van der Waals surface area (Å²) >= 11 is 0. The zero-order valence-electron chi connectivity index (χ0n) is 16.0. The lowest BCUT2D eigenvalue weighted by Crippen LogP contribution is -2.46. The quantitative estimate of drug-likeness (QED) is 0.725. The first-order chi connectivity index (χ1) is 14.2. The number of nitrogens with zero attached hydrogens (tertiary/aromatic N) is 4. The molecule has 0 saturated carbocycles. The summed E-state index contributed by atoms with van der Waals surface area (Å²) in [7, 11) is 0. The molecular formula is C22H22FN5O. The molecule has 0 spiro atoms. The number of anilines is 2. The normalized spacial score (nSPS) is 14.0. The fraction of sp³-hybridized carbons (Fsp3) is 0.227. The van der Waals surface area contributed by atoms with Crippen molar-refractivity contribution in [2.45, 2.75) is 6.54 Å². The number of amides is 1. The minimum atomic E-state index is -0.292. The second-order valence-corrected chi connectivity index (χ2v) is 6.90. The molecule has 1 aliphatic rings. The van der Waals surface area contributed by atoms with Crippen molar-refractivity contribution in [1.29, 1.82) is 0 Å². The number of pyridine rings is 2. The maximum Gasteiger partial charge on any atom is 0.253 e. The molecule has 1 amide bonds. The van der Waals surface area contributed by atoms with Gasteiger partial charge in [0.05, 0.1) is 17.4 Å². The first-order valence-electron chi connectivity index (χ1n) is 9.58. The molecule has 0 unspecified atom stereocenters. The number of carbonyl (C=O) groups excluding carboxylic acids is 1. The topological polar surface area (TPSA) is 61.4 Å². The Morgan fingerprint density at radius 3 is 2.48 bits per heavy atom. The van der Waals surface area contributed by atoms with E-state index in [4.69, 9.17) is 0 Å². The van der Waals surface area contributed by atoms with E-state index >= 15 is 0 Å². The highest BCUT2D eigenvalue weighted by Crippen LogP contribution is 2.19. The van der Waals surface area contributed by atoms with Gasteiger partial charge in [-0.25, -0.2) is 9.37 Å². The molecule has 1 saturated heterocycles. The Morgan fingerprint density at radius 1 is 1.00 bits per heavy atom. The average Bonchev–Trinajstić information content (AvgIpc) is 2.79. The smallest absolute Gasteiger partial charge is 0.253 e. The predicted octanol–water partition coefficient (Wildman–Crippen LogP) is 2.87. The van der Waals surface area contributed by atoms with Crippen molar-refractivity contribution >= 4 is 17.4 Å². The number of hydrogen-bond acceptors (Lipinski definition) is 5. The third-order valence-corrected chi connectivity index (χ3v) is 4.97. The van der Waals surface area contributed by atoms with Gasteiger partial charge in [0.25, 0.3) is 5.91 Å². The van der Waals surface area contributed by atoms with Gasteiger partial charge in [-0.05, 0) is 35.9 Å². The van der Waals surface area contributed by atoms with Crippen LogP contribution in [0.1, 0.15) is 15.9 Å². The highest BCUT2D eigenvalue weighted by molar-refractivity contribution is 5.94. The van der Waals surface area contributed by atoms with E-state index in [0.29, 0.717) is 12.1 Å². The molecule has 1 aromatic carbocycles. The zero-order chi connectivity index (χ0) is 20.1. The third kappa shape index (κ3) is 4.68. The monoisotopic (exact) mass is 391 g/mol. The second-order valence-electron chi connectivity index (χ2n) is 6.90. The fourth-order valence-corrected chi connectivity index (χ4v) is 3.35. The van der Waals surface area contributed by atoms with Crippen LogP contribution in [-0.4, -0.2) is 42.1 Å². The molecule has 6 nitrogen and oxygen atoms in total. The van der Waals surface area contributed by atoms with E-state index in [1.165, 1.54) is 12.1 Å². The van der Waals surface area contributed by atoms with Crippen LogP contribution in [0.3, 0.4) is 0 Å². The molecule has 0 radical (unpaired) electrons. The van der Waals surface area contributed by atoms with Crippen LogP contribution in [-0.2, 0) is 6.54 Å². The van der Waals surface area contributed by atoms with Crippen molar-refractivity contribution in [3.05, 3.63) is 84.1 Å². The maximum atomic E-state index is 13.0. The molecule has 0 aliphatic carbocycles. The Labute approximate surface area is 169 Å². The summed E-state index contributed by atoms with van der Waals surface area (Å²) < 4.78 is 13.0. The number of nitrogens with one attached hydrogen (secondary N) is 1. The maximum absolute atomic E-state index is 13.0. The van der Waals surface area contributed by atoms with E-state index < -0.39 is 0 Å². The van der Waals surface area contributed by atoms with Gasteiger partial charge in [0, 0.05) is 45.1 Å². The molecule has 1 aliphatic heterocycles. The lowest BCUT2D eigenvalue weighted by Gasteiger charge is -2.36. The van der Waals surface area contributed by atoms with E-state index in [1.807, 2.05) is 24.3 Å². The summed E-state index contributed by atoms with van der Waals surface area (Å²) in [4.78, 5) is 25.6. The lowest BCUT2D eigenvalue weighted by atomic mass is 10.2. The summed E-state index contributed by atoms with van der Waals surface area (Å²) in [6.07, 6.45) is 5.15. The molecule has 7 heteroatoms. The fourth-order valence-electron chi connectivity index (χ4n) is 3.35. The van der Waals surface area contributed by atoms with Gasteiger partial charge in [-0.1, -0.05) is 18.2 Å². The Balaban J connectivity index is 1.36. The zero-order valence-corrected chi connectivity index (χ0v) is 16.0. The SMILES string of the molecule is O=C(NCc1ccc(F)cc1)c1cncc(N2CCN(c3ccccn3)CC2)c1. The molecular weight excluding hydrogens is 369 g/mol. The summed E-state index contributed by atoms with van der Waals surface area (Å²) in [5.74, 6) is 0.495. The number of carbonyl (C=O) groups is 1. The number of piperazine rings is 1. The second kappa shape index (κ2) is 8.68. The van der Waals surface area contributed by atoms with E-state index in [0.717, 1.165) is 43.2 Å². The van der Waals surface area contributed by atoms with Gasteiger partial charge < -0.3 is 15.1 Å². The molecule has 29 heavy (non-hydrogen) atoms. The van der Waals surface area contributed by atoms with Crippen molar-refractivity contribution in [2.24, 2.45) is 0 Å². The van der Waals surface area contributed by atoms with Crippen LogP contribution in [0.25, 0.3) is 0 Å². The Hall–Kier alpha value is -3.48. The van der Waals surface area contributed by atoms with Gasteiger partial charge in [-0.3, -0.25) is 9.78 Å². The van der Waals surface area contributed by atoms with Crippen LogP contribution in [0.2, 0.25) is 0 Å². The van der Waals surface area contributed by atoms with E-state index in [1.54, 1.807) is 30.7 Å². The third-order valence-electron chi connectivity index (χ3n) is 4.97. The number of hydrogen-bond donors (Lipinski definition) is 1. The lowest BCUT2D eigenvalue weighted by molar-refractivity contribution is 0.0950. The van der Waals surface area contributed by atoms with Crippen LogP contribution < -0.4 is 15.1 Å². The van der Waals surface area contributed by atoms with Gasteiger partial charge in [0.2, 0.25) is 0 Å². The molecule has 0 atom stereocenters. The molecule has 3 heterocycles. The highest BCUT2D eigenvalue weighted by Gasteiger charge is 2.19. The van der Waals surface area contributed by atoms with Gasteiger partial charge in [0.15, 0.2) is 0 Å². The van der Waals surface area contributed by atoms with E-state index in [9.17, 15) is 9.18 Å². The standard InChI is InChI=1S/C22H22FN5O/c23-19-6-4-17(5-7-19)14-26-22(29)18-13-20(16-24-15-18)27-9-11-28(12-10-27)21-3-1-2-8-25-21/h1-8,13,15-16H,9-12,14H2,(H,26,29). The number of benzene rings is 1. The van der Waals surface area contributed by atoms with E-state index in [2.05, 4.69) is 25.1 Å². The van der Waals surface area contributed by atoms with Crippen molar-refractivity contribution in [2.75, 3.05) is 36.0 Å². The van der Waals surface area contributed by atoms with Crippen molar-refractivity contribution in [3.63, 3.8) is 0 Å². The van der Waals surface area contributed by atoms with E-state index in [-0.39, 0.29) is 11.7 Å². The van der Waals surface area contributed by atoms with Gasteiger partial charge in [0.1, 0.15) is 11.6 Å². The van der Waals surface area contributed by atoms with Crippen LogP contribution in [0.15, 0.2) is 67.1 Å². The minimum Gasteiger partial charge on any atom is -0.367 e. The molecule has 3 aromatic rings. The summed E-state index contributed by atoms with van der Waals surface area (Å²) in [6, 6.07) is 13.9. The molecule has 148 valence electrons. The van der Waals surface area contributed by atoms with Crippen molar-refractivity contribution in [1.82, 2.24) is 15.3 Å². The highest BCUT2D eigenvalue weighted by atomic mass is 19.1. The summed E-state index contributed by atoms with van der Waals surface area (Å²) in [5, 5.41) is 2.86. The molecule has 1 N–H and O–H groups in total. The van der Waals surface area contributed by atoms with Crippen LogP contribution in [0.4, 0.5) is 15.9 Å². The summed E-state index contributed by atoms with van der Waals surface area (Å²) in [6.45, 7) is 3.72. The van der Waals surface area contributed by atoms with Crippen LogP contribution in [0.5, 0.6) is 0 Å². The van der Waals surface area contributed by atoms with Gasteiger partial charge in [-0.2, -0.15) is 0 Å². The number of aromatic nitrogens is 2. The van der Waals surface area contributed by atoms with Crippen LogP contribution >= 0.6 is 0 Å². The summed E-state index contributed by atoms with van der Waals surface area (Å²) in [5.41, 5.74) is 2.28. The van der Waals surface area contributed by atoms with Gasteiger partial charge >= 0.3 is 0 Å². The molecule has 4 rings (SSSR count). The minimum absolute atomic E-state index is 0.198. The first-order valence-corrected chi connectivity index (χ1v) is 9.58. The largest absolute Gasteiger partial charge is 0.367 e. The van der Waals surface area contributed by atoms with Crippen LogP contribution in [0, 0.1) is 5.82 Å². The Morgan fingerprint density at radius 2 is 1.76 bits per heavy atom. The predicted molar refractivity (Wildman–Crippen MR) is 110 cm³/mol. The van der Waals surface area contributed by atoms with Crippen molar-refractivity contribution in [3.8, 4) is 0 Å². The number of rotatable bonds is 5. The number of halogens is 1. The molecule has 0 bridgehead atoms. The molecule has 1 fully saturated rings. The Bertz CT molecular complexity index is 956. The first kappa shape index (κ1) is 18.9. The molecule has 2 aromatic heterocycles. The Kier molecular flexibility index (Phi) is 5.65.